The van der Waals surface area contributed by atoms with Crippen molar-refractivity contribution in [1.29, 1.82) is 0 Å². The molecular weight excluding hydrogens is 248 g/mol. The van der Waals surface area contributed by atoms with Gasteiger partial charge >= 0.3 is 0 Å². The molecule has 1 N–H and O–H groups in total. The molecule has 1 atom stereocenters. The highest BCUT2D eigenvalue weighted by atomic mass is 32.2. The third-order valence-corrected chi connectivity index (χ3v) is 3.34. The zero-order valence-electron chi connectivity index (χ0n) is 10.5. The third kappa shape index (κ3) is 4.10. The second-order valence-electron chi connectivity index (χ2n) is 3.85. The predicted octanol–water partition coefficient (Wildman–Crippen LogP) is 1.75. The van der Waals surface area contributed by atoms with E-state index in [-0.39, 0.29) is 12.4 Å². The number of unbranched alkanes of at least 4 members (excludes halogenated alkanes) is 1. The minimum Gasteiger partial charge on any atom is -0.396 e. The zero-order chi connectivity index (χ0) is 13.5. The Morgan fingerprint density at radius 2 is 2.17 bits per heavy atom. The largest absolute Gasteiger partial charge is 0.396 e. The summed E-state index contributed by atoms with van der Waals surface area (Å²) < 4.78 is 11.5. The van der Waals surface area contributed by atoms with Gasteiger partial charge in [0, 0.05) is 35.3 Å². The number of carbonyl (C=O) groups is 1. The number of hydrogen-bond donors (Lipinski definition) is 1. The van der Waals surface area contributed by atoms with Crippen LogP contribution in [0.2, 0.25) is 0 Å². The van der Waals surface area contributed by atoms with Gasteiger partial charge in [-0.1, -0.05) is 11.8 Å². The van der Waals surface area contributed by atoms with Crippen LogP contribution in [0.25, 0.3) is 0 Å². The minimum atomic E-state index is -1.18. The van der Waals surface area contributed by atoms with E-state index in [2.05, 4.69) is 11.8 Å². The van der Waals surface area contributed by atoms with Crippen LogP contribution in [0.1, 0.15) is 35.7 Å². The molecule has 0 radical (unpaired) electrons. The molecule has 0 saturated carbocycles. The van der Waals surface area contributed by atoms with Crippen LogP contribution in [0.3, 0.4) is 0 Å². The summed E-state index contributed by atoms with van der Waals surface area (Å²) in [5.41, 5.74) is 1.19. The van der Waals surface area contributed by atoms with Crippen LogP contribution in [-0.4, -0.2) is 28.0 Å². The first kappa shape index (κ1) is 14.6. The second-order valence-corrected chi connectivity index (χ2v) is 5.20. The summed E-state index contributed by atoms with van der Waals surface area (Å²) in [6, 6.07) is 5.11. The highest BCUT2D eigenvalue weighted by Crippen LogP contribution is 2.15. The van der Waals surface area contributed by atoms with E-state index in [9.17, 15) is 9.00 Å². The van der Waals surface area contributed by atoms with Crippen LogP contribution in [0.15, 0.2) is 23.1 Å². The molecule has 0 spiro atoms. The molecule has 0 heterocycles. The van der Waals surface area contributed by atoms with E-state index in [0.717, 1.165) is 5.56 Å². The van der Waals surface area contributed by atoms with Gasteiger partial charge in [0.1, 0.15) is 0 Å². The summed E-state index contributed by atoms with van der Waals surface area (Å²) in [6.07, 6.45) is 2.81. The quantitative estimate of drug-likeness (QED) is 0.512. The highest BCUT2D eigenvalue weighted by molar-refractivity contribution is 7.84. The second kappa shape index (κ2) is 7.10. The number of carbonyl (C=O) groups excluding carboxylic acids is 1. The van der Waals surface area contributed by atoms with Crippen LogP contribution in [-0.2, 0) is 10.8 Å². The first-order chi connectivity index (χ1) is 8.56. The maximum Gasteiger partial charge on any atom is 0.161 e. The van der Waals surface area contributed by atoms with Crippen molar-refractivity contribution in [1.82, 2.24) is 0 Å². The van der Waals surface area contributed by atoms with Crippen molar-refractivity contribution in [2.24, 2.45) is 0 Å². The summed E-state index contributed by atoms with van der Waals surface area (Å²) in [5, 5.41) is 8.63. The molecule has 3 nitrogen and oxygen atoms in total. The molecule has 1 unspecified atom stereocenters. The van der Waals surface area contributed by atoms with Gasteiger partial charge in [0.25, 0.3) is 0 Å². The maximum absolute atomic E-state index is 11.5. The standard InChI is InChI=1S/C14H16O3S/c1-11(16)13-10-12(6-4-3-5-9-15)7-8-14(13)18(2)17/h7-8,10,15H,3,5,9H2,1-2H3. The monoisotopic (exact) mass is 264 g/mol. The average molecular weight is 264 g/mol. The van der Waals surface area contributed by atoms with Gasteiger partial charge < -0.3 is 5.11 Å². The van der Waals surface area contributed by atoms with Crippen molar-refractivity contribution < 1.29 is 14.1 Å². The van der Waals surface area contributed by atoms with Crippen molar-refractivity contribution in [2.45, 2.75) is 24.7 Å². The lowest BCUT2D eigenvalue weighted by atomic mass is 10.1. The zero-order valence-corrected chi connectivity index (χ0v) is 11.3. The molecule has 0 bridgehead atoms. The van der Waals surface area contributed by atoms with Crippen molar-refractivity contribution in [3.63, 3.8) is 0 Å². The highest BCUT2D eigenvalue weighted by Gasteiger charge is 2.10. The minimum absolute atomic E-state index is 0.112. The van der Waals surface area contributed by atoms with E-state index in [1.54, 1.807) is 24.5 Å². The molecule has 96 valence electrons. The first-order valence-corrected chi connectivity index (χ1v) is 7.20. The van der Waals surface area contributed by atoms with E-state index >= 15 is 0 Å². The summed E-state index contributed by atoms with van der Waals surface area (Å²) >= 11 is 0. The molecule has 0 amide bonds. The molecule has 0 aromatic heterocycles. The van der Waals surface area contributed by atoms with Gasteiger partial charge in [-0.3, -0.25) is 9.00 Å². The summed E-state index contributed by atoms with van der Waals surface area (Å²) in [5.74, 6) is 5.74. The molecule has 18 heavy (non-hydrogen) atoms. The fraction of sp³-hybridized carbons (Fsp3) is 0.357. The lowest BCUT2D eigenvalue weighted by molar-refractivity contribution is 0.101. The van der Waals surface area contributed by atoms with E-state index in [1.807, 2.05) is 0 Å². The molecular formula is C14H16O3S. The van der Waals surface area contributed by atoms with E-state index in [1.165, 1.54) is 6.92 Å². The van der Waals surface area contributed by atoms with Crippen molar-refractivity contribution >= 4 is 16.6 Å². The number of rotatable bonds is 4. The van der Waals surface area contributed by atoms with Gasteiger partial charge in [-0.15, -0.1) is 0 Å². The molecule has 0 aliphatic rings. The molecule has 1 aromatic carbocycles. The Hall–Kier alpha value is -1.44. The predicted molar refractivity (Wildman–Crippen MR) is 72.0 cm³/mol. The van der Waals surface area contributed by atoms with Crippen LogP contribution >= 0.6 is 0 Å². The maximum atomic E-state index is 11.5. The lowest BCUT2D eigenvalue weighted by Crippen LogP contribution is -2.01. The van der Waals surface area contributed by atoms with Crippen molar-refractivity contribution in [2.75, 3.05) is 12.9 Å². The van der Waals surface area contributed by atoms with Crippen molar-refractivity contribution in [3.8, 4) is 11.8 Å². The molecule has 1 rings (SSSR count). The van der Waals surface area contributed by atoms with E-state index < -0.39 is 10.8 Å². The Morgan fingerprint density at radius 3 is 2.72 bits per heavy atom. The van der Waals surface area contributed by atoms with Crippen LogP contribution in [0.5, 0.6) is 0 Å². The van der Waals surface area contributed by atoms with E-state index in [0.29, 0.717) is 23.3 Å². The number of aliphatic hydroxyl groups is 1. The summed E-state index contributed by atoms with van der Waals surface area (Å²) in [6.45, 7) is 1.58. The number of hydrogen-bond acceptors (Lipinski definition) is 3. The van der Waals surface area contributed by atoms with Gasteiger partial charge in [-0.25, -0.2) is 0 Å². The third-order valence-electron chi connectivity index (χ3n) is 2.36. The summed E-state index contributed by atoms with van der Waals surface area (Å²) in [7, 11) is -1.18. The van der Waals surface area contributed by atoms with Gasteiger partial charge in [0.2, 0.25) is 0 Å². The Bertz CT molecular complexity index is 524. The molecule has 0 fully saturated rings. The molecule has 0 aliphatic carbocycles. The molecule has 1 aromatic rings. The number of benzene rings is 1. The Labute approximate surface area is 110 Å². The van der Waals surface area contributed by atoms with Crippen molar-refractivity contribution in [3.05, 3.63) is 29.3 Å². The molecule has 0 aliphatic heterocycles. The molecule has 0 saturated heterocycles. The Balaban J connectivity index is 3.03. The van der Waals surface area contributed by atoms with Crippen LogP contribution in [0.4, 0.5) is 0 Å². The fourth-order valence-electron chi connectivity index (χ4n) is 1.47. The summed E-state index contributed by atoms with van der Waals surface area (Å²) in [4.78, 5) is 12.0. The number of aliphatic hydroxyl groups excluding tert-OH is 1. The van der Waals surface area contributed by atoms with Gasteiger partial charge in [0.05, 0.1) is 10.8 Å². The van der Waals surface area contributed by atoms with E-state index in [4.69, 9.17) is 5.11 Å². The fourth-order valence-corrected chi connectivity index (χ4v) is 2.24. The van der Waals surface area contributed by atoms with Crippen LogP contribution in [0, 0.1) is 11.8 Å². The SMILES string of the molecule is CC(=O)c1cc(C#CCCCO)ccc1S(C)=O. The topological polar surface area (TPSA) is 54.4 Å². The van der Waals surface area contributed by atoms with Gasteiger partial charge in [-0.05, 0) is 31.5 Å². The number of Topliss-reactive ketones (excluding diaryl/α,β-unsaturated/α-hetero) is 1. The lowest BCUT2D eigenvalue weighted by Gasteiger charge is -2.04. The average Bonchev–Trinajstić information content (AvgIpc) is 2.34. The normalized spacial score (nSPS) is 11.5. The number of ketones is 1. The smallest absolute Gasteiger partial charge is 0.161 e. The van der Waals surface area contributed by atoms with Gasteiger partial charge in [0.15, 0.2) is 5.78 Å². The van der Waals surface area contributed by atoms with Gasteiger partial charge in [-0.2, -0.15) is 0 Å². The Kier molecular flexibility index (Phi) is 5.76. The Morgan fingerprint density at radius 1 is 1.44 bits per heavy atom. The van der Waals surface area contributed by atoms with Crippen LogP contribution < -0.4 is 0 Å². The first-order valence-electron chi connectivity index (χ1n) is 5.64. The molecule has 4 heteroatoms.